The van der Waals surface area contributed by atoms with Crippen molar-refractivity contribution in [1.82, 2.24) is 0 Å². The molecule has 1 saturated carbocycles. The summed E-state index contributed by atoms with van der Waals surface area (Å²) in [4.78, 5) is 10.3. The minimum Gasteiger partial charge on any atom is -0.481 e. The van der Waals surface area contributed by atoms with Crippen LogP contribution in [0, 0.1) is 5.92 Å². The lowest BCUT2D eigenvalue weighted by Gasteiger charge is -2.38. The molecule has 88 valence electrons. The van der Waals surface area contributed by atoms with Gasteiger partial charge in [-0.25, -0.2) is 4.39 Å². The number of halogens is 4. The molecule has 15 heavy (non-hydrogen) atoms. The lowest BCUT2D eigenvalue weighted by Crippen LogP contribution is -2.49. The molecule has 0 aromatic rings. The van der Waals surface area contributed by atoms with Crippen LogP contribution in [0.2, 0.25) is 0 Å². The summed E-state index contributed by atoms with van der Waals surface area (Å²) in [5, 5.41) is 8.43. The van der Waals surface area contributed by atoms with Crippen molar-refractivity contribution in [3.8, 4) is 0 Å². The van der Waals surface area contributed by atoms with Crippen LogP contribution in [-0.4, -0.2) is 22.9 Å². The smallest absolute Gasteiger partial charge is 0.422 e. The molecule has 2 nitrogen and oxygen atoms in total. The Morgan fingerprint density at radius 1 is 1.40 bits per heavy atom. The van der Waals surface area contributed by atoms with Crippen LogP contribution < -0.4 is 0 Å². The van der Waals surface area contributed by atoms with Gasteiger partial charge in [-0.3, -0.25) is 4.79 Å². The highest BCUT2D eigenvalue weighted by molar-refractivity contribution is 5.67. The first-order valence-electron chi connectivity index (χ1n) is 4.75. The molecule has 0 aliphatic heterocycles. The molecule has 0 radical (unpaired) electrons. The van der Waals surface area contributed by atoms with Crippen LogP contribution in [0.3, 0.4) is 0 Å². The molecule has 2 unspecified atom stereocenters. The molecule has 0 saturated heterocycles. The molecular formula is C9H12F4O2. The zero-order valence-electron chi connectivity index (χ0n) is 7.98. The van der Waals surface area contributed by atoms with Crippen LogP contribution in [0.5, 0.6) is 0 Å². The molecule has 0 aromatic carbocycles. The molecule has 0 aromatic heterocycles. The van der Waals surface area contributed by atoms with Gasteiger partial charge in [0.2, 0.25) is 5.67 Å². The van der Waals surface area contributed by atoms with Crippen molar-refractivity contribution >= 4 is 5.97 Å². The standard InChI is InChI=1S/C9H12F4O2/c10-8(9(11,12)13)4-2-1-3-6(8)5-7(14)15/h6H,1-5H2,(H,14,15). The predicted molar refractivity (Wildman–Crippen MR) is 44.1 cm³/mol. The summed E-state index contributed by atoms with van der Waals surface area (Å²) >= 11 is 0. The topological polar surface area (TPSA) is 37.3 Å². The van der Waals surface area contributed by atoms with Gasteiger partial charge in [-0.05, 0) is 19.3 Å². The predicted octanol–water partition coefficient (Wildman–Crippen LogP) is 2.92. The van der Waals surface area contributed by atoms with E-state index in [0.29, 0.717) is 6.42 Å². The number of aliphatic carboxylic acids is 1. The van der Waals surface area contributed by atoms with Crippen LogP contribution in [0.25, 0.3) is 0 Å². The van der Waals surface area contributed by atoms with Gasteiger partial charge in [0.25, 0.3) is 0 Å². The molecule has 0 bridgehead atoms. The lowest BCUT2D eigenvalue weighted by atomic mass is 9.74. The zero-order valence-corrected chi connectivity index (χ0v) is 7.98. The number of carboxylic acid groups (broad SMARTS) is 1. The molecule has 1 fully saturated rings. The number of rotatable bonds is 2. The van der Waals surface area contributed by atoms with Gasteiger partial charge in [0.05, 0.1) is 6.42 Å². The monoisotopic (exact) mass is 228 g/mol. The van der Waals surface area contributed by atoms with Gasteiger partial charge in [0.15, 0.2) is 0 Å². The average Bonchev–Trinajstić information content (AvgIpc) is 2.06. The fourth-order valence-corrected chi connectivity index (χ4v) is 2.05. The molecule has 0 amide bonds. The van der Waals surface area contributed by atoms with Gasteiger partial charge in [0, 0.05) is 5.92 Å². The minimum atomic E-state index is -4.96. The summed E-state index contributed by atoms with van der Waals surface area (Å²) in [6, 6.07) is 0. The van der Waals surface area contributed by atoms with E-state index in [1.165, 1.54) is 0 Å². The second kappa shape index (κ2) is 3.98. The van der Waals surface area contributed by atoms with Crippen LogP contribution in [0.1, 0.15) is 32.1 Å². The molecule has 6 heteroatoms. The Hall–Kier alpha value is -0.810. The zero-order chi connectivity index (χ0) is 11.7. The Labute approximate surface area is 84.3 Å². The van der Waals surface area contributed by atoms with E-state index in [9.17, 15) is 22.4 Å². The largest absolute Gasteiger partial charge is 0.481 e. The Bertz CT molecular complexity index is 251. The molecule has 0 spiro atoms. The van der Waals surface area contributed by atoms with E-state index in [1.807, 2.05) is 0 Å². The van der Waals surface area contributed by atoms with Gasteiger partial charge in [0.1, 0.15) is 0 Å². The van der Waals surface area contributed by atoms with Crippen molar-refractivity contribution in [3.63, 3.8) is 0 Å². The molecule has 1 rings (SSSR count). The Morgan fingerprint density at radius 2 is 2.00 bits per heavy atom. The van der Waals surface area contributed by atoms with Crippen molar-refractivity contribution in [3.05, 3.63) is 0 Å². The van der Waals surface area contributed by atoms with E-state index in [0.717, 1.165) is 0 Å². The van der Waals surface area contributed by atoms with Crippen molar-refractivity contribution < 1.29 is 27.5 Å². The lowest BCUT2D eigenvalue weighted by molar-refractivity contribution is -0.258. The molecular weight excluding hydrogens is 216 g/mol. The maximum Gasteiger partial charge on any atom is 0.422 e. The summed E-state index contributed by atoms with van der Waals surface area (Å²) < 4.78 is 51.1. The van der Waals surface area contributed by atoms with Gasteiger partial charge in [-0.1, -0.05) is 6.42 Å². The van der Waals surface area contributed by atoms with Crippen molar-refractivity contribution in [1.29, 1.82) is 0 Å². The SMILES string of the molecule is O=C(O)CC1CCCCC1(F)C(F)(F)F. The third kappa shape index (κ3) is 2.41. The summed E-state index contributed by atoms with van der Waals surface area (Å²) in [6.45, 7) is 0. The first-order chi connectivity index (χ1) is 6.77. The average molecular weight is 228 g/mol. The van der Waals surface area contributed by atoms with Crippen molar-refractivity contribution in [2.75, 3.05) is 0 Å². The Kier molecular flexibility index (Phi) is 3.25. The second-order valence-electron chi connectivity index (χ2n) is 3.90. The Morgan fingerprint density at radius 3 is 2.47 bits per heavy atom. The maximum absolute atomic E-state index is 13.7. The van der Waals surface area contributed by atoms with E-state index >= 15 is 0 Å². The van der Waals surface area contributed by atoms with E-state index < -0.39 is 36.6 Å². The van der Waals surface area contributed by atoms with E-state index in [-0.39, 0.29) is 12.8 Å². The Balaban J connectivity index is 2.86. The van der Waals surface area contributed by atoms with Crippen LogP contribution >= 0.6 is 0 Å². The minimum absolute atomic E-state index is 0.0116. The molecule has 1 aliphatic carbocycles. The molecule has 1 aliphatic rings. The van der Waals surface area contributed by atoms with Crippen LogP contribution in [-0.2, 0) is 4.79 Å². The van der Waals surface area contributed by atoms with E-state index in [2.05, 4.69) is 0 Å². The van der Waals surface area contributed by atoms with Gasteiger partial charge in [-0.15, -0.1) is 0 Å². The van der Waals surface area contributed by atoms with Crippen LogP contribution in [0.4, 0.5) is 17.6 Å². The fraction of sp³-hybridized carbons (Fsp3) is 0.889. The van der Waals surface area contributed by atoms with Crippen molar-refractivity contribution in [2.24, 2.45) is 5.92 Å². The summed E-state index contributed by atoms with van der Waals surface area (Å²) in [5.74, 6) is -2.82. The maximum atomic E-state index is 13.7. The quantitative estimate of drug-likeness (QED) is 0.738. The van der Waals surface area contributed by atoms with Crippen molar-refractivity contribution in [2.45, 2.75) is 43.9 Å². The first kappa shape index (κ1) is 12.3. The van der Waals surface area contributed by atoms with Crippen LogP contribution in [0.15, 0.2) is 0 Å². The first-order valence-corrected chi connectivity index (χ1v) is 4.75. The van der Waals surface area contributed by atoms with E-state index in [4.69, 9.17) is 5.11 Å². The highest BCUT2D eigenvalue weighted by Crippen LogP contribution is 2.49. The summed E-state index contributed by atoms with van der Waals surface area (Å²) in [6.07, 6.45) is -5.73. The molecule has 1 N–H and O–H groups in total. The molecule has 2 atom stereocenters. The van der Waals surface area contributed by atoms with Gasteiger partial charge < -0.3 is 5.11 Å². The highest BCUT2D eigenvalue weighted by Gasteiger charge is 2.61. The number of carboxylic acids is 1. The highest BCUT2D eigenvalue weighted by atomic mass is 19.4. The fourth-order valence-electron chi connectivity index (χ4n) is 2.05. The number of hydrogen-bond donors (Lipinski definition) is 1. The van der Waals surface area contributed by atoms with Gasteiger partial charge in [-0.2, -0.15) is 13.2 Å². The van der Waals surface area contributed by atoms with Gasteiger partial charge >= 0.3 is 12.1 Å². The summed E-state index contributed by atoms with van der Waals surface area (Å²) in [7, 11) is 0. The third-order valence-corrected chi connectivity index (χ3v) is 2.88. The number of hydrogen-bond acceptors (Lipinski definition) is 1. The normalized spacial score (nSPS) is 32.7. The summed E-state index contributed by atoms with van der Waals surface area (Å²) in [5.41, 5.74) is -3.32. The number of alkyl halides is 4. The van der Waals surface area contributed by atoms with E-state index in [1.54, 1.807) is 0 Å². The third-order valence-electron chi connectivity index (χ3n) is 2.88. The second-order valence-corrected chi connectivity index (χ2v) is 3.90. The molecule has 0 heterocycles. The number of carbonyl (C=O) groups is 1.